The van der Waals surface area contributed by atoms with Crippen molar-refractivity contribution in [2.45, 2.75) is 6.42 Å². The fourth-order valence-electron chi connectivity index (χ4n) is 1.99. The standard InChI is InChI=1S/C12H15N3OS/c1(3-15-4-6-16-7-5-15)11-13-9-10-2-8-17-12(10)14-11/h2,8-9H,1,3-7H2. The van der Waals surface area contributed by atoms with E-state index in [2.05, 4.69) is 26.3 Å². The lowest BCUT2D eigenvalue weighted by Gasteiger charge is -2.26. The molecule has 1 fully saturated rings. The summed E-state index contributed by atoms with van der Waals surface area (Å²) in [5.74, 6) is 0.950. The van der Waals surface area contributed by atoms with E-state index in [4.69, 9.17) is 4.74 Å². The molecule has 0 amide bonds. The van der Waals surface area contributed by atoms with Crippen molar-refractivity contribution in [3.63, 3.8) is 0 Å². The third-order valence-electron chi connectivity index (χ3n) is 3.01. The first-order valence-electron chi connectivity index (χ1n) is 5.91. The van der Waals surface area contributed by atoms with Crippen LogP contribution in [0.3, 0.4) is 0 Å². The van der Waals surface area contributed by atoms with Crippen LogP contribution in [0.25, 0.3) is 10.2 Å². The van der Waals surface area contributed by atoms with Gasteiger partial charge in [0.05, 0.1) is 13.2 Å². The Hall–Kier alpha value is -1.04. The number of rotatable bonds is 3. The Morgan fingerprint density at radius 2 is 2.24 bits per heavy atom. The molecule has 0 bridgehead atoms. The van der Waals surface area contributed by atoms with Gasteiger partial charge in [0.1, 0.15) is 10.7 Å². The Bertz CT molecular complexity index is 493. The van der Waals surface area contributed by atoms with Crippen molar-refractivity contribution in [2.24, 2.45) is 0 Å². The summed E-state index contributed by atoms with van der Waals surface area (Å²) < 4.78 is 5.33. The van der Waals surface area contributed by atoms with E-state index in [0.29, 0.717) is 0 Å². The largest absolute Gasteiger partial charge is 0.379 e. The number of hydrogen-bond donors (Lipinski definition) is 0. The molecule has 4 nitrogen and oxygen atoms in total. The van der Waals surface area contributed by atoms with Crippen molar-refractivity contribution in [3.8, 4) is 0 Å². The number of aromatic nitrogens is 2. The quantitative estimate of drug-likeness (QED) is 0.827. The summed E-state index contributed by atoms with van der Waals surface area (Å²) in [7, 11) is 0. The van der Waals surface area contributed by atoms with Crippen LogP contribution in [0, 0.1) is 0 Å². The fourth-order valence-corrected chi connectivity index (χ4v) is 2.75. The zero-order valence-corrected chi connectivity index (χ0v) is 10.4. The predicted octanol–water partition coefficient (Wildman–Crippen LogP) is 1.57. The monoisotopic (exact) mass is 249 g/mol. The van der Waals surface area contributed by atoms with Gasteiger partial charge in [-0.05, 0) is 11.4 Å². The lowest BCUT2D eigenvalue weighted by Crippen LogP contribution is -2.37. The highest BCUT2D eigenvalue weighted by atomic mass is 32.1. The van der Waals surface area contributed by atoms with Gasteiger partial charge in [0.15, 0.2) is 0 Å². The van der Waals surface area contributed by atoms with Crippen LogP contribution in [0.2, 0.25) is 0 Å². The van der Waals surface area contributed by atoms with Gasteiger partial charge in [-0.3, -0.25) is 4.90 Å². The Kier molecular flexibility index (Phi) is 3.31. The van der Waals surface area contributed by atoms with Gasteiger partial charge >= 0.3 is 0 Å². The molecule has 1 aliphatic heterocycles. The van der Waals surface area contributed by atoms with Gasteiger partial charge < -0.3 is 4.74 Å². The summed E-state index contributed by atoms with van der Waals surface area (Å²) in [5.41, 5.74) is 0. The normalized spacial score (nSPS) is 17.6. The van der Waals surface area contributed by atoms with Gasteiger partial charge in [0.2, 0.25) is 0 Å². The summed E-state index contributed by atoms with van der Waals surface area (Å²) in [4.78, 5) is 12.5. The number of nitrogens with zero attached hydrogens (tertiary/aromatic N) is 3. The number of morpholine rings is 1. The highest BCUT2D eigenvalue weighted by molar-refractivity contribution is 7.16. The molecule has 0 aliphatic carbocycles. The van der Waals surface area contributed by atoms with E-state index in [9.17, 15) is 0 Å². The molecule has 0 radical (unpaired) electrons. The van der Waals surface area contributed by atoms with Crippen LogP contribution < -0.4 is 0 Å². The molecule has 0 aromatic carbocycles. The van der Waals surface area contributed by atoms with Crippen LogP contribution in [0.1, 0.15) is 5.82 Å². The second-order valence-corrected chi connectivity index (χ2v) is 5.07. The van der Waals surface area contributed by atoms with Crippen LogP contribution in [0.15, 0.2) is 17.6 Å². The predicted molar refractivity (Wildman–Crippen MR) is 68.4 cm³/mol. The Labute approximate surface area is 104 Å². The molecule has 2 aromatic heterocycles. The molecule has 0 spiro atoms. The minimum absolute atomic E-state index is 0.852. The van der Waals surface area contributed by atoms with Gasteiger partial charge in [0.25, 0.3) is 0 Å². The van der Waals surface area contributed by atoms with Crippen LogP contribution in [-0.2, 0) is 11.2 Å². The minimum atomic E-state index is 0.852. The molecule has 3 heterocycles. The van der Waals surface area contributed by atoms with E-state index >= 15 is 0 Å². The summed E-state index contributed by atoms with van der Waals surface area (Å²) in [6.45, 7) is 4.79. The van der Waals surface area contributed by atoms with E-state index in [1.165, 1.54) is 0 Å². The lowest BCUT2D eigenvalue weighted by atomic mass is 10.3. The molecule has 1 saturated heterocycles. The lowest BCUT2D eigenvalue weighted by molar-refractivity contribution is 0.0382. The van der Waals surface area contributed by atoms with Gasteiger partial charge in [0, 0.05) is 37.6 Å². The van der Waals surface area contributed by atoms with Crippen molar-refractivity contribution in [1.29, 1.82) is 0 Å². The zero-order valence-electron chi connectivity index (χ0n) is 9.63. The van der Waals surface area contributed by atoms with Crippen molar-refractivity contribution in [3.05, 3.63) is 23.5 Å². The van der Waals surface area contributed by atoms with Crippen LogP contribution in [0.5, 0.6) is 0 Å². The Morgan fingerprint density at radius 1 is 1.35 bits per heavy atom. The average Bonchev–Trinajstić information content (AvgIpc) is 2.85. The van der Waals surface area contributed by atoms with Gasteiger partial charge in [-0.15, -0.1) is 11.3 Å². The Balaban J connectivity index is 1.63. The van der Waals surface area contributed by atoms with Crippen LogP contribution in [0.4, 0.5) is 0 Å². The molecular weight excluding hydrogens is 234 g/mol. The molecule has 90 valence electrons. The second-order valence-electron chi connectivity index (χ2n) is 4.17. The van der Waals surface area contributed by atoms with Crippen molar-refractivity contribution < 1.29 is 4.74 Å². The SMILES string of the molecule is c1cc2cnc(CCN3CCOCC3)nc2s1. The van der Waals surface area contributed by atoms with E-state index in [1.807, 2.05) is 6.20 Å². The van der Waals surface area contributed by atoms with Crippen LogP contribution in [-0.4, -0.2) is 47.7 Å². The van der Waals surface area contributed by atoms with Gasteiger partial charge in [-0.25, -0.2) is 9.97 Å². The third kappa shape index (κ3) is 2.62. The molecule has 0 unspecified atom stereocenters. The van der Waals surface area contributed by atoms with Gasteiger partial charge in [-0.1, -0.05) is 0 Å². The highest BCUT2D eigenvalue weighted by Crippen LogP contribution is 2.17. The van der Waals surface area contributed by atoms with Crippen molar-refractivity contribution in [2.75, 3.05) is 32.8 Å². The van der Waals surface area contributed by atoms with E-state index in [-0.39, 0.29) is 0 Å². The smallest absolute Gasteiger partial charge is 0.131 e. The highest BCUT2D eigenvalue weighted by Gasteiger charge is 2.10. The summed E-state index contributed by atoms with van der Waals surface area (Å²) in [5, 5.41) is 3.20. The second kappa shape index (κ2) is 5.08. The van der Waals surface area contributed by atoms with Crippen molar-refractivity contribution >= 4 is 21.6 Å². The number of fused-ring (bicyclic) bond motifs is 1. The average molecular weight is 249 g/mol. The van der Waals surface area contributed by atoms with E-state index in [1.54, 1.807) is 11.3 Å². The third-order valence-corrected chi connectivity index (χ3v) is 3.84. The van der Waals surface area contributed by atoms with E-state index in [0.717, 1.165) is 55.3 Å². The summed E-state index contributed by atoms with van der Waals surface area (Å²) in [6.07, 6.45) is 2.85. The zero-order chi connectivity index (χ0) is 11.5. The molecular formula is C12H15N3OS. The Morgan fingerprint density at radius 3 is 3.12 bits per heavy atom. The minimum Gasteiger partial charge on any atom is -0.379 e. The molecule has 0 saturated carbocycles. The number of thiophene rings is 1. The molecule has 17 heavy (non-hydrogen) atoms. The molecule has 0 atom stereocenters. The fraction of sp³-hybridized carbons (Fsp3) is 0.500. The molecule has 3 rings (SSSR count). The summed E-state index contributed by atoms with van der Waals surface area (Å²) in [6, 6.07) is 2.06. The maximum atomic E-state index is 5.33. The molecule has 5 heteroatoms. The molecule has 2 aromatic rings. The number of hydrogen-bond acceptors (Lipinski definition) is 5. The first-order chi connectivity index (χ1) is 8.42. The first-order valence-corrected chi connectivity index (χ1v) is 6.79. The first kappa shape index (κ1) is 11.1. The van der Waals surface area contributed by atoms with Gasteiger partial charge in [-0.2, -0.15) is 0 Å². The maximum Gasteiger partial charge on any atom is 0.131 e. The number of ether oxygens (including phenoxy) is 1. The molecule has 0 N–H and O–H groups in total. The maximum absolute atomic E-state index is 5.33. The van der Waals surface area contributed by atoms with Crippen LogP contribution >= 0.6 is 11.3 Å². The topological polar surface area (TPSA) is 38.2 Å². The van der Waals surface area contributed by atoms with E-state index < -0.39 is 0 Å². The molecule has 1 aliphatic rings. The summed E-state index contributed by atoms with van der Waals surface area (Å²) >= 11 is 1.68. The van der Waals surface area contributed by atoms with Crippen molar-refractivity contribution in [1.82, 2.24) is 14.9 Å².